The van der Waals surface area contributed by atoms with Crippen LogP contribution in [0, 0.1) is 12.7 Å². The first-order valence-corrected chi connectivity index (χ1v) is 10.8. The Morgan fingerprint density at radius 1 is 1.03 bits per heavy atom. The van der Waals surface area contributed by atoms with Crippen LogP contribution >= 0.6 is 0 Å². The minimum Gasteiger partial charge on any atom is -0.378 e. The maximum absolute atomic E-state index is 15.0. The number of amides is 1. The quantitative estimate of drug-likeness (QED) is 0.428. The molecule has 4 rings (SSSR count). The van der Waals surface area contributed by atoms with Crippen molar-refractivity contribution in [1.29, 1.82) is 0 Å². The van der Waals surface area contributed by atoms with Crippen molar-refractivity contribution in [3.8, 4) is 11.3 Å². The number of aromatic nitrogens is 2. The number of pyridine rings is 1. The van der Waals surface area contributed by atoms with Gasteiger partial charge in [-0.1, -0.05) is 30.3 Å². The molecule has 36 heavy (non-hydrogen) atoms. The van der Waals surface area contributed by atoms with E-state index in [1.165, 1.54) is 4.90 Å². The normalized spacial score (nSPS) is 14.8. The van der Waals surface area contributed by atoms with Gasteiger partial charge < -0.3 is 14.2 Å². The molecule has 0 unspecified atom stereocenters. The molecule has 1 amide bonds. The number of alkyl halides is 6. The third kappa shape index (κ3) is 4.95. The molecule has 2 aromatic heterocycles. The number of carbonyl (C=O) groups excluding carboxylic acids is 1. The van der Waals surface area contributed by atoms with Gasteiger partial charge in [-0.2, -0.15) is 26.3 Å². The molecule has 12 heteroatoms. The summed E-state index contributed by atoms with van der Waals surface area (Å²) in [7, 11) is 0. The number of morpholine rings is 1. The van der Waals surface area contributed by atoms with E-state index in [1.807, 2.05) is 0 Å². The molecule has 3 heterocycles. The van der Waals surface area contributed by atoms with Crippen molar-refractivity contribution in [1.82, 2.24) is 14.5 Å². The fourth-order valence-electron chi connectivity index (χ4n) is 4.24. The van der Waals surface area contributed by atoms with Crippen LogP contribution in [0.25, 0.3) is 11.3 Å². The first-order chi connectivity index (χ1) is 16.9. The van der Waals surface area contributed by atoms with Gasteiger partial charge in [-0.3, -0.25) is 9.78 Å². The number of ether oxygens (including phenoxy) is 1. The fraction of sp³-hybridized carbons (Fsp3) is 0.333. The van der Waals surface area contributed by atoms with E-state index in [2.05, 4.69) is 4.98 Å². The van der Waals surface area contributed by atoms with Crippen molar-refractivity contribution in [3.63, 3.8) is 0 Å². The minimum absolute atomic E-state index is 0.0815. The standard InChI is InChI=1S/C24H20F7N3O2/c1-14-18(19-17(25)11-16(12-32-19)23(26,27)28)20(22(35)33-7-9-36-10-8-33)34(21(14)24(29,30)31)13-15-5-3-2-4-6-15/h2-6,11-12H,7-10,13H2,1H3. The van der Waals surface area contributed by atoms with Gasteiger partial charge in [0.2, 0.25) is 0 Å². The van der Waals surface area contributed by atoms with E-state index in [4.69, 9.17) is 4.74 Å². The number of carbonyl (C=O) groups is 1. The fourth-order valence-corrected chi connectivity index (χ4v) is 4.24. The second kappa shape index (κ2) is 9.57. The Morgan fingerprint density at radius 3 is 2.22 bits per heavy atom. The SMILES string of the molecule is Cc1c(-c2ncc(C(F)(F)F)cc2F)c(C(=O)N2CCOCC2)n(Cc2ccccc2)c1C(F)(F)F. The van der Waals surface area contributed by atoms with Gasteiger partial charge in [-0.05, 0) is 24.1 Å². The zero-order valence-electron chi connectivity index (χ0n) is 18.9. The third-order valence-corrected chi connectivity index (χ3v) is 5.87. The number of benzene rings is 1. The molecular formula is C24H20F7N3O2. The maximum Gasteiger partial charge on any atom is 0.431 e. The van der Waals surface area contributed by atoms with Gasteiger partial charge in [0.1, 0.15) is 22.9 Å². The van der Waals surface area contributed by atoms with Crippen molar-refractivity contribution in [2.24, 2.45) is 0 Å². The number of hydrogen-bond donors (Lipinski definition) is 0. The van der Waals surface area contributed by atoms with E-state index in [0.717, 1.165) is 11.5 Å². The highest BCUT2D eigenvalue weighted by Gasteiger charge is 2.43. The van der Waals surface area contributed by atoms with Crippen LogP contribution in [0.15, 0.2) is 42.6 Å². The van der Waals surface area contributed by atoms with Crippen LogP contribution in [0.4, 0.5) is 30.7 Å². The van der Waals surface area contributed by atoms with Gasteiger partial charge in [-0.25, -0.2) is 4.39 Å². The Kier molecular flexibility index (Phi) is 6.82. The van der Waals surface area contributed by atoms with Crippen molar-refractivity contribution in [2.45, 2.75) is 25.8 Å². The van der Waals surface area contributed by atoms with Crippen molar-refractivity contribution in [3.05, 3.63) is 76.5 Å². The van der Waals surface area contributed by atoms with Crippen LogP contribution in [-0.4, -0.2) is 46.7 Å². The summed E-state index contributed by atoms with van der Waals surface area (Å²) in [5, 5.41) is 0. The molecule has 0 saturated carbocycles. The summed E-state index contributed by atoms with van der Waals surface area (Å²) in [6, 6.07) is 8.18. The van der Waals surface area contributed by atoms with Crippen LogP contribution in [-0.2, 0) is 23.6 Å². The molecule has 0 N–H and O–H groups in total. The third-order valence-electron chi connectivity index (χ3n) is 5.87. The smallest absolute Gasteiger partial charge is 0.378 e. The van der Waals surface area contributed by atoms with E-state index < -0.39 is 57.8 Å². The topological polar surface area (TPSA) is 47.4 Å². The highest BCUT2D eigenvalue weighted by atomic mass is 19.4. The van der Waals surface area contributed by atoms with E-state index in [9.17, 15) is 35.5 Å². The van der Waals surface area contributed by atoms with E-state index >= 15 is 0 Å². The Hall–Kier alpha value is -3.41. The molecule has 5 nitrogen and oxygen atoms in total. The predicted octanol–water partition coefficient (Wildman–Crippen LogP) is 5.56. The average molecular weight is 515 g/mol. The zero-order chi connectivity index (χ0) is 26.3. The van der Waals surface area contributed by atoms with Crippen LogP contribution < -0.4 is 0 Å². The van der Waals surface area contributed by atoms with E-state index in [-0.39, 0.29) is 38.9 Å². The average Bonchev–Trinajstić information content (AvgIpc) is 3.10. The molecule has 0 bridgehead atoms. The number of halogens is 7. The van der Waals surface area contributed by atoms with E-state index in [1.54, 1.807) is 30.3 Å². The van der Waals surface area contributed by atoms with Gasteiger partial charge in [0.25, 0.3) is 5.91 Å². The number of nitrogens with zero attached hydrogens (tertiary/aromatic N) is 3. The molecule has 0 spiro atoms. The molecule has 0 aliphatic carbocycles. The molecular weight excluding hydrogens is 495 g/mol. The molecule has 1 aliphatic rings. The number of rotatable bonds is 4. The lowest BCUT2D eigenvalue weighted by molar-refractivity contribution is -0.143. The monoisotopic (exact) mass is 515 g/mol. The molecule has 3 aromatic rings. The Morgan fingerprint density at radius 2 is 1.67 bits per heavy atom. The molecule has 0 radical (unpaired) electrons. The van der Waals surface area contributed by atoms with Crippen molar-refractivity contribution < 1.29 is 40.3 Å². The first kappa shape index (κ1) is 25.7. The van der Waals surface area contributed by atoms with Gasteiger partial charge in [-0.15, -0.1) is 0 Å². The summed E-state index contributed by atoms with van der Waals surface area (Å²) in [6.07, 6.45) is -9.54. The summed E-state index contributed by atoms with van der Waals surface area (Å²) in [4.78, 5) is 18.4. The van der Waals surface area contributed by atoms with Gasteiger partial charge in [0.05, 0.1) is 18.8 Å². The predicted molar refractivity (Wildman–Crippen MR) is 115 cm³/mol. The Balaban J connectivity index is 2.00. The highest BCUT2D eigenvalue weighted by Crippen LogP contribution is 2.42. The van der Waals surface area contributed by atoms with Crippen LogP contribution in [0.3, 0.4) is 0 Å². The zero-order valence-corrected chi connectivity index (χ0v) is 18.9. The molecule has 0 atom stereocenters. The summed E-state index contributed by atoms with van der Waals surface area (Å²) < 4.78 is 103. The number of hydrogen-bond acceptors (Lipinski definition) is 3. The second-order valence-corrected chi connectivity index (χ2v) is 8.22. The summed E-state index contributed by atoms with van der Waals surface area (Å²) in [5.41, 5.74) is -4.46. The van der Waals surface area contributed by atoms with E-state index in [0.29, 0.717) is 11.8 Å². The molecule has 1 aromatic carbocycles. The van der Waals surface area contributed by atoms with Crippen LogP contribution in [0.5, 0.6) is 0 Å². The largest absolute Gasteiger partial charge is 0.431 e. The van der Waals surface area contributed by atoms with Crippen LogP contribution in [0.2, 0.25) is 0 Å². The molecule has 192 valence electrons. The lowest BCUT2D eigenvalue weighted by Crippen LogP contribution is -2.42. The first-order valence-electron chi connectivity index (χ1n) is 10.8. The van der Waals surface area contributed by atoms with Gasteiger partial charge in [0, 0.05) is 31.4 Å². The summed E-state index contributed by atoms with van der Waals surface area (Å²) >= 11 is 0. The van der Waals surface area contributed by atoms with Gasteiger partial charge >= 0.3 is 12.4 Å². The maximum atomic E-state index is 15.0. The summed E-state index contributed by atoms with van der Waals surface area (Å²) in [6.45, 7) is 1.13. The lowest BCUT2D eigenvalue weighted by Gasteiger charge is -2.28. The highest BCUT2D eigenvalue weighted by molar-refractivity contribution is 6.01. The Labute approximate surface area is 201 Å². The minimum atomic E-state index is -4.96. The molecule has 1 saturated heterocycles. The van der Waals surface area contributed by atoms with Crippen molar-refractivity contribution in [2.75, 3.05) is 26.3 Å². The van der Waals surface area contributed by atoms with Gasteiger partial charge in [0.15, 0.2) is 0 Å². The summed E-state index contributed by atoms with van der Waals surface area (Å²) in [5.74, 6) is -2.32. The van der Waals surface area contributed by atoms with Crippen molar-refractivity contribution >= 4 is 5.91 Å². The molecule has 1 aliphatic heterocycles. The second-order valence-electron chi connectivity index (χ2n) is 8.22. The Bertz CT molecular complexity index is 1260. The molecule has 1 fully saturated rings. The van der Waals surface area contributed by atoms with Crippen LogP contribution in [0.1, 0.15) is 32.9 Å². The lowest BCUT2D eigenvalue weighted by atomic mass is 10.0.